The van der Waals surface area contributed by atoms with E-state index in [0.29, 0.717) is 11.9 Å². The number of allylic oxidation sites excluding steroid dienone is 1. The molecule has 1 aliphatic rings. The van der Waals surface area contributed by atoms with Crippen molar-refractivity contribution in [1.29, 1.82) is 0 Å². The summed E-state index contributed by atoms with van der Waals surface area (Å²) in [6, 6.07) is 0.498. The molecule has 0 radical (unpaired) electrons. The lowest BCUT2D eigenvalue weighted by atomic mass is 10.1. The fraction of sp³-hybridized carbons (Fsp3) is 0.824. The number of rotatable bonds is 9. The largest absolute Gasteiger partial charge is 0.340 e. The van der Waals surface area contributed by atoms with Gasteiger partial charge in [0.25, 0.3) is 0 Å². The van der Waals surface area contributed by atoms with E-state index in [1.54, 1.807) is 0 Å². The van der Waals surface area contributed by atoms with Crippen LogP contribution >= 0.6 is 0 Å². The second-order valence-corrected chi connectivity index (χ2v) is 6.12. The lowest BCUT2D eigenvalue weighted by molar-refractivity contribution is -0.133. The molecule has 0 aromatic heterocycles. The van der Waals surface area contributed by atoms with Gasteiger partial charge in [0.2, 0.25) is 5.91 Å². The molecule has 1 fully saturated rings. The molecule has 3 heteroatoms. The Morgan fingerprint density at radius 1 is 1.15 bits per heavy atom. The first-order valence-corrected chi connectivity index (χ1v) is 8.24. The van der Waals surface area contributed by atoms with E-state index >= 15 is 0 Å². The van der Waals surface area contributed by atoms with Gasteiger partial charge in [-0.2, -0.15) is 0 Å². The monoisotopic (exact) mass is 280 g/mol. The Kier molecular flexibility index (Phi) is 8.59. The summed E-state index contributed by atoms with van der Waals surface area (Å²) in [6.45, 7) is 8.75. The minimum atomic E-state index is 0.358. The van der Waals surface area contributed by atoms with Crippen LogP contribution in [0, 0.1) is 0 Å². The Hall–Kier alpha value is -0.830. The Labute approximate surface area is 125 Å². The molecule has 116 valence electrons. The van der Waals surface area contributed by atoms with Gasteiger partial charge >= 0.3 is 0 Å². The van der Waals surface area contributed by atoms with E-state index < -0.39 is 0 Å². The molecule has 3 nitrogen and oxygen atoms in total. The van der Waals surface area contributed by atoms with E-state index in [4.69, 9.17) is 0 Å². The van der Waals surface area contributed by atoms with Gasteiger partial charge in [-0.1, -0.05) is 31.8 Å². The van der Waals surface area contributed by atoms with Crippen LogP contribution in [0.15, 0.2) is 12.7 Å². The standard InChI is InChI=1S/C17H32N2O/c1-4-5-6-7-8-9-10-11-12-17(20)19-14-13-18(3)16(2)15-19/h4,16H,1,5-15H2,2-3H3. The first-order chi connectivity index (χ1) is 9.65. The molecule has 0 bridgehead atoms. The maximum absolute atomic E-state index is 12.1. The Balaban J connectivity index is 2.01. The molecule has 1 amide bonds. The first-order valence-electron chi connectivity index (χ1n) is 8.24. The molecular weight excluding hydrogens is 248 g/mol. The van der Waals surface area contributed by atoms with E-state index in [1.165, 1.54) is 32.1 Å². The van der Waals surface area contributed by atoms with Crippen LogP contribution in [0.4, 0.5) is 0 Å². The molecule has 1 saturated heterocycles. The predicted molar refractivity (Wildman–Crippen MR) is 85.8 cm³/mol. The van der Waals surface area contributed by atoms with Crippen molar-refractivity contribution < 1.29 is 4.79 Å². The first kappa shape index (κ1) is 17.2. The number of piperazine rings is 1. The van der Waals surface area contributed by atoms with Crippen molar-refractivity contribution in [3.63, 3.8) is 0 Å². The van der Waals surface area contributed by atoms with Gasteiger partial charge in [0.15, 0.2) is 0 Å². The van der Waals surface area contributed by atoms with Crippen molar-refractivity contribution in [3.8, 4) is 0 Å². The molecule has 0 N–H and O–H groups in total. The van der Waals surface area contributed by atoms with Crippen molar-refractivity contribution in [2.24, 2.45) is 0 Å². The van der Waals surface area contributed by atoms with Gasteiger partial charge in [0.05, 0.1) is 0 Å². The zero-order valence-electron chi connectivity index (χ0n) is 13.4. The normalized spacial score (nSPS) is 20.1. The number of hydrogen-bond donors (Lipinski definition) is 0. The van der Waals surface area contributed by atoms with Crippen LogP contribution in [0.2, 0.25) is 0 Å². The number of nitrogens with zero attached hydrogens (tertiary/aromatic N) is 2. The van der Waals surface area contributed by atoms with E-state index in [9.17, 15) is 4.79 Å². The van der Waals surface area contributed by atoms with E-state index in [1.807, 2.05) is 6.08 Å². The summed E-state index contributed by atoms with van der Waals surface area (Å²) in [5, 5.41) is 0. The third-order valence-corrected chi connectivity index (χ3v) is 4.36. The summed E-state index contributed by atoms with van der Waals surface area (Å²) in [6.07, 6.45) is 11.3. The summed E-state index contributed by atoms with van der Waals surface area (Å²) in [7, 11) is 2.14. The van der Waals surface area contributed by atoms with Crippen LogP contribution < -0.4 is 0 Å². The molecule has 1 aliphatic heterocycles. The van der Waals surface area contributed by atoms with Gasteiger partial charge in [-0.25, -0.2) is 0 Å². The fourth-order valence-corrected chi connectivity index (χ4v) is 2.71. The molecule has 20 heavy (non-hydrogen) atoms. The maximum Gasteiger partial charge on any atom is 0.222 e. The molecule has 1 atom stereocenters. The summed E-state index contributed by atoms with van der Waals surface area (Å²) in [5.74, 6) is 0.358. The summed E-state index contributed by atoms with van der Waals surface area (Å²) >= 11 is 0. The van der Waals surface area contributed by atoms with Crippen molar-refractivity contribution in [2.75, 3.05) is 26.7 Å². The highest BCUT2D eigenvalue weighted by molar-refractivity contribution is 5.76. The summed E-state index contributed by atoms with van der Waals surface area (Å²) < 4.78 is 0. The van der Waals surface area contributed by atoms with Crippen LogP contribution in [-0.4, -0.2) is 48.4 Å². The highest BCUT2D eigenvalue weighted by Crippen LogP contribution is 2.12. The molecule has 1 heterocycles. The fourth-order valence-electron chi connectivity index (χ4n) is 2.71. The molecule has 1 rings (SSSR count). The second-order valence-electron chi connectivity index (χ2n) is 6.12. The third kappa shape index (κ3) is 6.56. The number of unbranched alkanes of at least 4 members (excludes halogenated alkanes) is 6. The minimum Gasteiger partial charge on any atom is -0.340 e. The Morgan fingerprint density at radius 2 is 1.80 bits per heavy atom. The highest BCUT2D eigenvalue weighted by Gasteiger charge is 2.23. The van der Waals surface area contributed by atoms with Gasteiger partial charge in [-0.3, -0.25) is 4.79 Å². The molecule has 1 unspecified atom stereocenters. The average molecular weight is 280 g/mol. The number of carbonyl (C=O) groups excluding carboxylic acids is 1. The molecule has 0 aromatic rings. The SMILES string of the molecule is C=CCCCCCCCCC(=O)N1CCN(C)C(C)C1. The van der Waals surface area contributed by atoms with E-state index in [2.05, 4.69) is 30.4 Å². The second kappa shape index (κ2) is 9.98. The quantitative estimate of drug-likeness (QED) is 0.477. The Bertz CT molecular complexity index is 291. The molecule has 0 saturated carbocycles. The van der Waals surface area contributed by atoms with Crippen LogP contribution in [0.1, 0.15) is 58.3 Å². The highest BCUT2D eigenvalue weighted by atomic mass is 16.2. The van der Waals surface area contributed by atoms with Crippen LogP contribution in [0.25, 0.3) is 0 Å². The number of likely N-dealkylation sites (N-methyl/N-ethyl adjacent to an activating group) is 1. The number of carbonyl (C=O) groups is 1. The van der Waals surface area contributed by atoms with Crippen LogP contribution in [0.5, 0.6) is 0 Å². The Morgan fingerprint density at radius 3 is 2.45 bits per heavy atom. The number of amides is 1. The van der Waals surface area contributed by atoms with Crippen molar-refractivity contribution in [3.05, 3.63) is 12.7 Å². The van der Waals surface area contributed by atoms with Gasteiger partial charge in [-0.05, 0) is 33.2 Å². The number of hydrogen-bond acceptors (Lipinski definition) is 2. The topological polar surface area (TPSA) is 23.6 Å². The lowest BCUT2D eigenvalue weighted by Gasteiger charge is -2.37. The van der Waals surface area contributed by atoms with Crippen LogP contribution in [-0.2, 0) is 4.79 Å². The van der Waals surface area contributed by atoms with E-state index in [-0.39, 0.29) is 0 Å². The summed E-state index contributed by atoms with van der Waals surface area (Å²) in [5.41, 5.74) is 0. The molecule has 0 aromatic carbocycles. The van der Waals surface area contributed by atoms with Crippen molar-refractivity contribution in [1.82, 2.24) is 9.80 Å². The molecule has 0 spiro atoms. The third-order valence-electron chi connectivity index (χ3n) is 4.36. The zero-order valence-corrected chi connectivity index (χ0v) is 13.4. The summed E-state index contributed by atoms with van der Waals surface area (Å²) in [4.78, 5) is 16.5. The smallest absolute Gasteiger partial charge is 0.222 e. The van der Waals surface area contributed by atoms with Gasteiger partial charge in [0, 0.05) is 32.1 Å². The minimum absolute atomic E-state index is 0.358. The zero-order chi connectivity index (χ0) is 14.8. The van der Waals surface area contributed by atoms with Crippen molar-refractivity contribution >= 4 is 5.91 Å². The molecule has 0 aliphatic carbocycles. The van der Waals surface area contributed by atoms with Gasteiger partial charge < -0.3 is 9.80 Å². The van der Waals surface area contributed by atoms with Gasteiger partial charge in [0.1, 0.15) is 0 Å². The molecular formula is C17H32N2O. The van der Waals surface area contributed by atoms with Gasteiger partial charge in [-0.15, -0.1) is 6.58 Å². The van der Waals surface area contributed by atoms with E-state index in [0.717, 1.165) is 38.9 Å². The lowest BCUT2D eigenvalue weighted by Crippen LogP contribution is -2.51. The predicted octanol–water partition coefficient (Wildman–Crippen LogP) is 3.46. The van der Waals surface area contributed by atoms with Crippen molar-refractivity contribution in [2.45, 2.75) is 64.3 Å². The average Bonchev–Trinajstić information content (AvgIpc) is 2.44. The van der Waals surface area contributed by atoms with Crippen LogP contribution in [0.3, 0.4) is 0 Å². The maximum atomic E-state index is 12.1.